The Bertz CT molecular complexity index is 473. The van der Waals surface area contributed by atoms with E-state index in [2.05, 4.69) is 4.90 Å². The van der Waals surface area contributed by atoms with Gasteiger partial charge in [-0.2, -0.15) is 0 Å². The van der Waals surface area contributed by atoms with Gasteiger partial charge in [-0.3, -0.25) is 4.79 Å². The van der Waals surface area contributed by atoms with E-state index in [1.807, 2.05) is 11.8 Å². The summed E-state index contributed by atoms with van der Waals surface area (Å²) < 4.78 is 0. The van der Waals surface area contributed by atoms with Crippen LogP contribution in [0.3, 0.4) is 0 Å². The Labute approximate surface area is 124 Å². The van der Waals surface area contributed by atoms with E-state index in [1.165, 1.54) is 25.0 Å². The van der Waals surface area contributed by atoms with E-state index in [0.717, 1.165) is 26.2 Å². The smallest absolute Gasteiger partial charge is 0.253 e. The van der Waals surface area contributed by atoms with Crippen LogP contribution < -0.4 is 0 Å². The van der Waals surface area contributed by atoms with Crippen LogP contribution in [0.2, 0.25) is 5.02 Å². The van der Waals surface area contributed by atoms with Gasteiger partial charge in [-0.1, -0.05) is 11.6 Å². The molecule has 1 amide bonds. The maximum atomic E-state index is 12.4. The van der Waals surface area contributed by atoms with Crippen molar-refractivity contribution in [3.63, 3.8) is 0 Å². The van der Waals surface area contributed by atoms with Gasteiger partial charge in [-0.05, 0) is 51.1 Å². The van der Waals surface area contributed by atoms with E-state index < -0.39 is 0 Å². The summed E-state index contributed by atoms with van der Waals surface area (Å²) in [5.41, 5.74) is 0.524. The summed E-state index contributed by atoms with van der Waals surface area (Å²) in [5, 5.41) is 9.62. The third-order valence-corrected chi connectivity index (χ3v) is 4.05. The van der Waals surface area contributed by atoms with Gasteiger partial charge < -0.3 is 14.9 Å². The van der Waals surface area contributed by atoms with Crippen molar-refractivity contribution >= 4 is 17.5 Å². The van der Waals surface area contributed by atoms with Gasteiger partial charge in [0.2, 0.25) is 0 Å². The third-order valence-electron chi connectivity index (χ3n) is 3.75. The first kappa shape index (κ1) is 15.1. The van der Waals surface area contributed by atoms with Crippen LogP contribution in [-0.4, -0.2) is 53.5 Å². The van der Waals surface area contributed by atoms with Crippen LogP contribution in [0, 0.1) is 0 Å². The molecule has 2 rings (SSSR count). The molecule has 0 atom stereocenters. The molecule has 0 unspecified atom stereocenters. The predicted molar refractivity (Wildman–Crippen MR) is 80.4 cm³/mol. The fourth-order valence-electron chi connectivity index (χ4n) is 2.49. The van der Waals surface area contributed by atoms with Crippen LogP contribution >= 0.6 is 11.6 Å². The molecule has 20 heavy (non-hydrogen) atoms. The molecule has 4 nitrogen and oxygen atoms in total. The second-order valence-electron chi connectivity index (χ2n) is 5.10. The Morgan fingerprint density at radius 3 is 2.70 bits per heavy atom. The first-order valence-corrected chi connectivity index (χ1v) is 7.49. The summed E-state index contributed by atoms with van der Waals surface area (Å²) in [6, 6.07) is 4.60. The SMILES string of the molecule is CCN(CCN1CCCC1)C(=O)c1ccc(O)c(Cl)c1. The molecule has 1 aliphatic heterocycles. The number of carbonyl (C=O) groups is 1. The van der Waals surface area contributed by atoms with Crippen molar-refractivity contribution in [1.82, 2.24) is 9.80 Å². The number of phenolic OH excluding ortho intramolecular Hbond substituents is 1. The first-order valence-electron chi connectivity index (χ1n) is 7.12. The summed E-state index contributed by atoms with van der Waals surface area (Å²) in [5.74, 6) is -0.0306. The number of rotatable bonds is 5. The van der Waals surface area contributed by atoms with E-state index in [4.69, 9.17) is 11.6 Å². The van der Waals surface area contributed by atoms with E-state index in [9.17, 15) is 9.90 Å². The Balaban J connectivity index is 1.98. The highest BCUT2D eigenvalue weighted by molar-refractivity contribution is 6.32. The molecule has 0 aliphatic carbocycles. The lowest BCUT2D eigenvalue weighted by Gasteiger charge is -2.24. The highest BCUT2D eigenvalue weighted by Crippen LogP contribution is 2.24. The zero-order chi connectivity index (χ0) is 14.5. The number of nitrogens with zero attached hydrogens (tertiary/aromatic N) is 2. The summed E-state index contributed by atoms with van der Waals surface area (Å²) in [7, 11) is 0. The van der Waals surface area contributed by atoms with Gasteiger partial charge >= 0.3 is 0 Å². The summed E-state index contributed by atoms with van der Waals surface area (Å²) in [6.45, 7) is 6.57. The van der Waals surface area contributed by atoms with Crippen LogP contribution in [0.5, 0.6) is 5.75 Å². The summed E-state index contributed by atoms with van der Waals surface area (Å²) in [4.78, 5) is 16.6. The number of likely N-dealkylation sites (N-methyl/N-ethyl adjacent to an activating group) is 1. The Morgan fingerprint density at radius 1 is 1.40 bits per heavy atom. The number of likely N-dealkylation sites (tertiary alicyclic amines) is 1. The first-order chi connectivity index (χ1) is 9.61. The van der Waals surface area contributed by atoms with Crippen molar-refractivity contribution in [1.29, 1.82) is 0 Å². The molecule has 1 aromatic carbocycles. The normalized spacial score (nSPS) is 15.5. The van der Waals surface area contributed by atoms with Crippen molar-refractivity contribution in [2.75, 3.05) is 32.7 Å². The van der Waals surface area contributed by atoms with Crippen molar-refractivity contribution in [2.24, 2.45) is 0 Å². The fraction of sp³-hybridized carbons (Fsp3) is 0.533. The van der Waals surface area contributed by atoms with Crippen molar-refractivity contribution < 1.29 is 9.90 Å². The average molecular weight is 297 g/mol. The van der Waals surface area contributed by atoms with Crippen LogP contribution in [0.15, 0.2) is 18.2 Å². The van der Waals surface area contributed by atoms with Gasteiger partial charge in [-0.15, -0.1) is 0 Å². The molecule has 1 fully saturated rings. The molecule has 1 N–H and O–H groups in total. The maximum Gasteiger partial charge on any atom is 0.253 e. The molecule has 0 aromatic heterocycles. The number of amides is 1. The Hall–Kier alpha value is -1.26. The fourth-order valence-corrected chi connectivity index (χ4v) is 2.67. The molecular weight excluding hydrogens is 276 g/mol. The van der Waals surface area contributed by atoms with E-state index in [-0.39, 0.29) is 16.7 Å². The number of aromatic hydroxyl groups is 1. The van der Waals surface area contributed by atoms with Gasteiger partial charge in [-0.25, -0.2) is 0 Å². The van der Waals surface area contributed by atoms with Crippen LogP contribution in [-0.2, 0) is 0 Å². The molecule has 0 radical (unpaired) electrons. The number of halogens is 1. The zero-order valence-electron chi connectivity index (χ0n) is 11.8. The minimum Gasteiger partial charge on any atom is -0.506 e. The van der Waals surface area contributed by atoms with Gasteiger partial charge in [0.05, 0.1) is 5.02 Å². The predicted octanol–water partition coefficient (Wildman–Crippen LogP) is 2.60. The molecule has 1 heterocycles. The minimum atomic E-state index is -0.0337. The average Bonchev–Trinajstić information content (AvgIpc) is 2.95. The molecule has 1 saturated heterocycles. The molecule has 110 valence electrons. The number of carbonyl (C=O) groups excluding carboxylic acids is 1. The highest BCUT2D eigenvalue weighted by Gasteiger charge is 2.18. The molecular formula is C15H21ClN2O2. The Kier molecular flexibility index (Phi) is 5.26. The topological polar surface area (TPSA) is 43.8 Å². The largest absolute Gasteiger partial charge is 0.506 e. The number of phenols is 1. The van der Waals surface area contributed by atoms with Crippen molar-refractivity contribution in [3.8, 4) is 5.75 Å². The second-order valence-corrected chi connectivity index (χ2v) is 5.51. The second kappa shape index (κ2) is 6.95. The van der Waals surface area contributed by atoms with Crippen LogP contribution in [0.25, 0.3) is 0 Å². The lowest BCUT2D eigenvalue weighted by atomic mass is 10.2. The maximum absolute atomic E-state index is 12.4. The number of hydrogen-bond acceptors (Lipinski definition) is 3. The quantitative estimate of drug-likeness (QED) is 0.908. The minimum absolute atomic E-state index is 0.00309. The number of hydrogen-bond donors (Lipinski definition) is 1. The lowest BCUT2D eigenvalue weighted by Crippen LogP contribution is -2.37. The van der Waals surface area contributed by atoms with Gasteiger partial charge in [0.15, 0.2) is 0 Å². The lowest BCUT2D eigenvalue weighted by molar-refractivity contribution is 0.0749. The summed E-state index contributed by atoms with van der Waals surface area (Å²) >= 11 is 5.86. The molecule has 1 aromatic rings. The molecule has 5 heteroatoms. The van der Waals surface area contributed by atoms with Crippen molar-refractivity contribution in [2.45, 2.75) is 19.8 Å². The third kappa shape index (κ3) is 3.64. The Morgan fingerprint density at radius 2 is 2.10 bits per heavy atom. The van der Waals surface area contributed by atoms with Crippen molar-refractivity contribution in [3.05, 3.63) is 28.8 Å². The van der Waals surface area contributed by atoms with E-state index >= 15 is 0 Å². The zero-order valence-corrected chi connectivity index (χ0v) is 12.6. The molecule has 0 spiro atoms. The highest BCUT2D eigenvalue weighted by atomic mass is 35.5. The van der Waals surface area contributed by atoms with E-state index in [1.54, 1.807) is 6.07 Å². The van der Waals surface area contributed by atoms with Gasteiger partial charge in [0, 0.05) is 25.2 Å². The monoisotopic (exact) mass is 296 g/mol. The molecule has 0 saturated carbocycles. The molecule has 0 bridgehead atoms. The van der Waals surface area contributed by atoms with E-state index in [0.29, 0.717) is 12.1 Å². The molecule has 1 aliphatic rings. The standard InChI is InChI=1S/C15H21ClN2O2/c1-2-18(10-9-17-7-3-4-8-17)15(20)12-5-6-14(19)13(16)11-12/h5-6,11,19H,2-4,7-10H2,1H3. The van der Waals surface area contributed by atoms with Crippen LogP contribution in [0.1, 0.15) is 30.1 Å². The number of benzene rings is 1. The van der Waals surface area contributed by atoms with Gasteiger partial charge in [0.25, 0.3) is 5.91 Å². The summed E-state index contributed by atoms with van der Waals surface area (Å²) in [6.07, 6.45) is 2.52. The van der Waals surface area contributed by atoms with Gasteiger partial charge in [0.1, 0.15) is 5.75 Å². The van der Waals surface area contributed by atoms with Crippen LogP contribution in [0.4, 0.5) is 0 Å².